The van der Waals surface area contributed by atoms with Crippen LogP contribution < -0.4 is 16.6 Å². The van der Waals surface area contributed by atoms with Crippen LogP contribution in [-0.2, 0) is 32.4 Å². The number of hydrogen-bond donors (Lipinski definition) is 1. The number of nitrogens with one attached hydrogen (secondary N) is 1. The van der Waals surface area contributed by atoms with Gasteiger partial charge in [-0.05, 0) is 24.0 Å². The molecule has 8 nitrogen and oxygen atoms in total. The second-order valence-electron chi connectivity index (χ2n) is 7.29. The van der Waals surface area contributed by atoms with Gasteiger partial charge in [0.05, 0.1) is 6.04 Å². The molecule has 1 amide bonds. The molecule has 2 aromatic heterocycles. The first-order valence-electron chi connectivity index (χ1n) is 9.51. The fourth-order valence-electron chi connectivity index (χ4n) is 3.90. The van der Waals surface area contributed by atoms with Crippen LogP contribution in [0.2, 0.25) is 0 Å². The Kier molecular flexibility index (Phi) is 5.08. The number of hydrogen-bond acceptors (Lipinski definition) is 5. The number of carbonyl (C=O) groups excluding carboxylic acids is 1. The molecule has 3 aromatic rings. The molecule has 0 bridgehead atoms. The van der Waals surface area contributed by atoms with Crippen molar-refractivity contribution in [1.29, 1.82) is 0 Å². The summed E-state index contributed by atoms with van der Waals surface area (Å²) in [5, 5.41) is 3.73. The van der Waals surface area contributed by atoms with E-state index in [0.717, 1.165) is 17.4 Å². The van der Waals surface area contributed by atoms with Crippen LogP contribution in [0.4, 0.5) is 0 Å². The van der Waals surface area contributed by atoms with Crippen molar-refractivity contribution in [2.75, 3.05) is 5.75 Å². The minimum absolute atomic E-state index is 0.00119. The normalized spacial score (nSPS) is 15.6. The van der Waals surface area contributed by atoms with Gasteiger partial charge >= 0.3 is 5.69 Å². The minimum atomic E-state index is -0.414. The molecule has 1 atom stereocenters. The highest BCUT2D eigenvalue weighted by molar-refractivity contribution is 7.99. The first kappa shape index (κ1) is 19.5. The lowest BCUT2D eigenvalue weighted by Crippen LogP contribution is -2.37. The standard InChI is InChI=1S/C20H23N5O3S/c1-23-17-16(18(27)25(3)20(28)24(17)2)22-19(23)29-11-10-15(26)21-14-9-8-12-6-4-5-7-13(12)14/h4-7,14H,8-11H2,1-3H3,(H,21,26). The number of amides is 1. The second-order valence-corrected chi connectivity index (χ2v) is 8.35. The van der Waals surface area contributed by atoms with Gasteiger partial charge in [-0.1, -0.05) is 36.0 Å². The molecule has 4 rings (SSSR count). The Morgan fingerprint density at radius 2 is 1.93 bits per heavy atom. The van der Waals surface area contributed by atoms with Crippen LogP contribution in [0.15, 0.2) is 39.0 Å². The van der Waals surface area contributed by atoms with Crippen molar-refractivity contribution in [3.8, 4) is 0 Å². The molecule has 0 saturated heterocycles. The van der Waals surface area contributed by atoms with E-state index in [4.69, 9.17) is 0 Å². The Hall–Kier alpha value is -2.81. The summed E-state index contributed by atoms with van der Waals surface area (Å²) in [6.45, 7) is 0. The largest absolute Gasteiger partial charge is 0.349 e. The van der Waals surface area contributed by atoms with Gasteiger partial charge in [0, 0.05) is 33.3 Å². The van der Waals surface area contributed by atoms with Crippen LogP contribution in [0.3, 0.4) is 0 Å². The maximum atomic E-state index is 12.4. The quantitative estimate of drug-likeness (QED) is 0.636. The van der Waals surface area contributed by atoms with E-state index in [1.807, 2.05) is 12.1 Å². The Labute approximate surface area is 171 Å². The number of benzene rings is 1. The van der Waals surface area contributed by atoms with Gasteiger partial charge in [-0.25, -0.2) is 9.78 Å². The molecule has 1 aliphatic carbocycles. The average molecular weight is 414 g/mol. The SMILES string of the molecule is Cn1c(=O)c2nc(SCCC(=O)NC3CCc4ccccc43)n(C)c2n(C)c1=O. The zero-order valence-electron chi connectivity index (χ0n) is 16.6. The first-order chi connectivity index (χ1) is 13.9. The summed E-state index contributed by atoms with van der Waals surface area (Å²) < 4.78 is 4.20. The van der Waals surface area contributed by atoms with Crippen LogP contribution in [0.1, 0.15) is 30.0 Å². The van der Waals surface area contributed by atoms with Gasteiger partial charge < -0.3 is 9.88 Å². The molecule has 0 spiro atoms. The zero-order chi connectivity index (χ0) is 20.7. The molecule has 0 fully saturated rings. The number of rotatable bonds is 5. The fourth-order valence-corrected chi connectivity index (χ4v) is 4.80. The summed E-state index contributed by atoms with van der Waals surface area (Å²) in [4.78, 5) is 41.3. The van der Waals surface area contributed by atoms with Crippen molar-refractivity contribution in [2.45, 2.75) is 30.5 Å². The molecule has 9 heteroatoms. The highest BCUT2D eigenvalue weighted by Gasteiger charge is 2.23. The van der Waals surface area contributed by atoms with E-state index >= 15 is 0 Å². The maximum Gasteiger partial charge on any atom is 0.332 e. The van der Waals surface area contributed by atoms with E-state index in [-0.39, 0.29) is 17.5 Å². The number of thioether (sulfide) groups is 1. The van der Waals surface area contributed by atoms with E-state index in [1.54, 1.807) is 18.7 Å². The maximum absolute atomic E-state index is 12.4. The highest BCUT2D eigenvalue weighted by atomic mass is 32.2. The smallest absolute Gasteiger partial charge is 0.332 e. The van der Waals surface area contributed by atoms with E-state index in [1.165, 1.54) is 34.5 Å². The predicted octanol–water partition coefficient (Wildman–Crippen LogP) is 1.26. The number of nitrogens with zero attached hydrogens (tertiary/aromatic N) is 4. The molecule has 29 heavy (non-hydrogen) atoms. The lowest BCUT2D eigenvalue weighted by molar-refractivity contribution is -0.121. The van der Waals surface area contributed by atoms with Crippen LogP contribution in [0, 0.1) is 0 Å². The predicted molar refractivity (Wildman–Crippen MR) is 112 cm³/mol. The summed E-state index contributed by atoms with van der Waals surface area (Å²) in [6, 6.07) is 8.30. The van der Waals surface area contributed by atoms with Crippen LogP contribution in [0.25, 0.3) is 11.2 Å². The third-order valence-corrected chi connectivity index (χ3v) is 6.48. The fraction of sp³-hybridized carbons (Fsp3) is 0.400. The van der Waals surface area contributed by atoms with Crippen LogP contribution >= 0.6 is 11.8 Å². The lowest BCUT2D eigenvalue weighted by Gasteiger charge is -2.14. The first-order valence-corrected chi connectivity index (χ1v) is 10.5. The lowest BCUT2D eigenvalue weighted by atomic mass is 10.1. The van der Waals surface area contributed by atoms with E-state index in [9.17, 15) is 14.4 Å². The van der Waals surface area contributed by atoms with Gasteiger partial charge in [0.15, 0.2) is 16.3 Å². The van der Waals surface area contributed by atoms with Gasteiger partial charge in [-0.15, -0.1) is 0 Å². The Morgan fingerprint density at radius 3 is 2.72 bits per heavy atom. The third kappa shape index (κ3) is 3.39. The van der Waals surface area contributed by atoms with E-state index in [2.05, 4.69) is 22.4 Å². The van der Waals surface area contributed by atoms with Crippen LogP contribution in [0.5, 0.6) is 0 Å². The van der Waals surface area contributed by atoms with E-state index < -0.39 is 11.2 Å². The second kappa shape index (κ2) is 7.55. The molecule has 0 saturated carbocycles. The number of aromatic nitrogens is 4. The Bertz CT molecular complexity index is 1220. The van der Waals surface area contributed by atoms with Crippen molar-refractivity contribution in [3.63, 3.8) is 0 Å². The summed E-state index contributed by atoms with van der Waals surface area (Å²) >= 11 is 1.40. The highest BCUT2D eigenvalue weighted by Crippen LogP contribution is 2.30. The number of fused-ring (bicyclic) bond motifs is 2. The number of imidazole rings is 1. The van der Waals surface area contributed by atoms with Gasteiger partial charge in [0.25, 0.3) is 5.56 Å². The van der Waals surface area contributed by atoms with Crippen molar-refractivity contribution in [2.24, 2.45) is 21.1 Å². The summed E-state index contributed by atoms with van der Waals surface area (Å²) in [5.74, 6) is 0.535. The molecule has 1 aromatic carbocycles. The minimum Gasteiger partial charge on any atom is -0.349 e. The molecular formula is C20H23N5O3S. The van der Waals surface area contributed by atoms with Gasteiger partial charge in [-0.2, -0.15) is 0 Å². The summed E-state index contributed by atoms with van der Waals surface area (Å²) in [6.07, 6.45) is 2.27. The average Bonchev–Trinajstić information content (AvgIpc) is 3.26. The molecular weight excluding hydrogens is 390 g/mol. The van der Waals surface area contributed by atoms with Crippen molar-refractivity contribution in [1.82, 2.24) is 24.0 Å². The Morgan fingerprint density at radius 1 is 1.17 bits per heavy atom. The van der Waals surface area contributed by atoms with Crippen molar-refractivity contribution in [3.05, 3.63) is 56.2 Å². The summed E-state index contributed by atoms with van der Waals surface area (Å²) in [5.41, 5.74) is 2.44. The molecule has 0 radical (unpaired) electrons. The monoisotopic (exact) mass is 413 g/mol. The molecule has 1 unspecified atom stereocenters. The van der Waals surface area contributed by atoms with Gasteiger partial charge in [0.1, 0.15) is 0 Å². The molecule has 1 N–H and O–H groups in total. The van der Waals surface area contributed by atoms with E-state index in [0.29, 0.717) is 23.0 Å². The molecule has 2 heterocycles. The third-order valence-electron chi connectivity index (χ3n) is 5.45. The molecule has 0 aliphatic heterocycles. The Balaban J connectivity index is 1.43. The van der Waals surface area contributed by atoms with Gasteiger partial charge in [0.2, 0.25) is 5.91 Å². The summed E-state index contributed by atoms with van der Waals surface area (Å²) in [7, 11) is 4.83. The van der Waals surface area contributed by atoms with Crippen molar-refractivity contribution >= 4 is 28.8 Å². The van der Waals surface area contributed by atoms with Crippen molar-refractivity contribution < 1.29 is 4.79 Å². The topological polar surface area (TPSA) is 90.9 Å². The van der Waals surface area contributed by atoms with Crippen LogP contribution in [-0.4, -0.2) is 30.3 Å². The molecule has 152 valence electrons. The number of aryl methyl sites for hydroxylation is 3. The molecule has 1 aliphatic rings. The number of carbonyl (C=O) groups is 1. The zero-order valence-corrected chi connectivity index (χ0v) is 17.5. The van der Waals surface area contributed by atoms with Gasteiger partial charge in [-0.3, -0.25) is 18.7 Å².